The molecule has 0 saturated carbocycles. The monoisotopic (exact) mass is 470 g/mol. The van der Waals surface area contributed by atoms with Gasteiger partial charge in [-0.2, -0.15) is 0 Å². The second-order valence-electron chi connectivity index (χ2n) is 8.57. The SMILES string of the molecule is CCC(CC)O[C@@H]1C=C(C(=O)O)C[C@H](NCc2ccc(-c3cccs3)cc2C)[C@H]1NC(C)=O. The Hall–Kier alpha value is -2.48. The Morgan fingerprint density at radius 1 is 1.24 bits per heavy atom. The van der Waals surface area contributed by atoms with E-state index < -0.39 is 12.1 Å². The summed E-state index contributed by atoms with van der Waals surface area (Å²) in [4.78, 5) is 25.1. The predicted molar refractivity (Wildman–Crippen MR) is 132 cm³/mol. The quantitative estimate of drug-likeness (QED) is 0.469. The van der Waals surface area contributed by atoms with Crippen molar-refractivity contribution in [3.05, 3.63) is 58.5 Å². The maximum absolute atomic E-state index is 12.0. The van der Waals surface area contributed by atoms with Crippen LogP contribution in [-0.2, 0) is 20.9 Å². The minimum atomic E-state index is -0.947. The van der Waals surface area contributed by atoms with Gasteiger partial charge >= 0.3 is 5.97 Å². The molecule has 0 unspecified atom stereocenters. The highest BCUT2D eigenvalue weighted by atomic mass is 32.1. The third-order valence-corrected chi connectivity index (χ3v) is 7.12. The molecule has 1 aromatic heterocycles. The largest absolute Gasteiger partial charge is 0.478 e. The zero-order chi connectivity index (χ0) is 24.0. The van der Waals surface area contributed by atoms with Crippen LogP contribution >= 0.6 is 11.3 Å². The molecule has 0 aliphatic heterocycles. The minimum absolute atomic E-state index is 0.00310. The summed E-state index contributed by atoms with van der Waals surface area (Å²) in [6, 6.07) is 9.94. The van der Waals surface area contributed by atoms with Crippen molar-refractivity contribution in [1.82, 2.24) is 10.6 Å². The maximum atomic E-state index is 12.0. The molecule has 1 heterocycles. The van der Waals surface area contributed by atoms with Crippen LogP contribution in [0.2, 0.25) is 0 Å². The Bertz CT molecular complexity index is 982. The number of thiophene rings is 1. The third kappa shape index (κ3) is 6.53. The zero-order valence-corrected chi connectivity index (χ0v) is 20.6. The fraction of sp³-hybridized carbons (Fsp3) is 0.462. The molecule has 7 heteroatoms. The molecule has 6 nitrogen and oxygen atoms in total. The highest BCUT2D eigenvalue weighted by Gasteiger charge is 2.37. The zero-order valence-electron chi connectivity index (χ0n) is 19.8. The Morgan fingerprint density at radius 3 is 2.58 bits per heavy atom. The van der Waals surface area contributed by atoms with E-state index in [1.807, 2.05) is 19.9 Å². The third-order valence-electron chi connectivity index (χ3n) is 6.20. The van der Waals surface area contributed by atoms with Crippen LogP contribution in [0.4, 0.5) is 0 Å². The summed E-state index contributed by atoms with van der Waals surface area (Å²) in [5.41, 5.74) is 3.81. The van der Waals surface area contributed by atoms with Gasteiger partial charge in [-0.1, -0.05) is 38.1 Å². The molecule has 1 aliphatic carbocycles. The molecule has 3 atom stereocenters. The molecule has 0 spiro atoms. The molecular weight excluding hydrogens is 436 g/mol. The lowest BCUT2D eigenvalue weighted by atomic mass is 9.87. The van der Waals surface area contributed by atoms with E-state index in [0.717, 1.165) is 18.4 Å². The van der Waals surface area contributed by atoms with Crippen LogP contribution in [0.5, 0.6) is 0 Å². The highest BCUT2D eigenvalue weighted by Crippen LogP contribution is 2.28. The number of aliphatic carboxylic acids is 1. The van der Waals surface area contributed by atoms with E-state index in [9.17, 15) is 14.7 Å². The van der Waals surface area contributed by atoms with E-state index in [1.165, 1.54) is 22.9 Å². The maximum Gasteiger partial charge on any atom is 0.331 e. The minimum Gasteiger partial charge on any atom is -0.478 e. The van der Waals surface area contributed by atoms with Crippen molar-refractivity contribution in [3.8, 4) is 10.4 Å². The van der Waals surface area contributed by atoms with Gasteiger partial charge in [-0.05, 0) is 60.4 Å². The van der Waals surface area contributed by atoms with E-state index in [-0.39, 0.29) is 24.1 Å². The highest BCUT2D eigenvalue weighted by molar-refractivity contribution is 7.13. The number of amides is 1. The molecule has 0 fully saturated rings. The topological polar surface area (TPSA) is 87.7 Å². The summed E-state index contributed by atoms with van der Waals surface area (Å²) in [7, 11) is 0. The summed E-state index contributed by atoms with van der Waals surface area (Å²) in [5.74, 6) is -1.11. The lowest BCUT2D eigenvalue weighted by molar-refractivity contribution is -0.133. The number of carbonyl (C=O) groups is 2. The first kappa shape index (κ1) is 25.1. The first-order valence-electron chi connectivity index (χ1n) is 11.6. The lowest BCUT2D eigenvalue weighted by Crippen LogP contribution is -2.58. The molecule has 0 radical (unpaired) electrons. The number of carboxylic acid groups (broad SMARTS) is 1. The number of carboxylic acids is 1. The lowest BCUT2D eigenvalue weighted by Gasteiger charge is -2.38. The molecule has 3 rings (SSSR count). The molecule has 178 valence electrons. The number of aryl methyl sites for hydroxylation is 1. The van der Waals surface area contributed by atoms with Gasteiger partial charge in [0.15, 0.2) is 0 Å². The number of nitrogens with one attached hydrogen (secondary N) is 2. The number of ether oxygens (including phenoxy) is 1. The molecule has 2 aromatic rings. The smallest absolute Gasteiger partial charge is 0.331 e. The van der Waals surface area contributed by atoms with Gasteiger partial charge in [0.25, 0.3) is 0 Å². The van der Waals surface area contributed by atoms with E-state index in [1.54, 1.807) is 17.4 Å². The number of hydrogen-bond acceptors (Lipinski definition) is 5. The number of carbonyl (C=O) groups excluding carboxylic acids is 1. The fourth-order valence-electron chi connectivity index (χ4n) is 4.30. The Kier molecular flexibility index (Phi) is 8.83. The summed E-state index contributed by atoms with van der Waals surface area (Å²) >= 11 is 1.71. The van der Waals surface area contributed by atoms with Crippen molar-refractivity contribution in [2.45, 2.75) is 77.8 Å². The van der Waals surface area contributed by atoms with Gasteiger partial charge in [0.05, 0.1) is 18.2 Å². The van der Waals surface area contributed by atoms with E-state index in [0.29, 0.717) is 18.5 Å². The van der Waals surface area contributed by atoms with Crippen LogP contribution in [-0.4, -0.2) is 41.3 Å². The first-order valence-corrected chi connectivity index (χ1v) is 12.4. The van der Waals surface area contributed by atoms with Crippen molar-refractivity contribution in [2.24, 2.45) is 0 Å². The summed E-state index contributed by atoms with van der Waals surface area (Å²) in [5, 5.41) is 18.3. The van der Waals surface area contributed by atoms with Crippen LogP contribution in [0, 0.1) is 6.92 Å². The summed E-state index contributed by atoms with van der Waals surface area (Å²) in [6.07, 6.45) is 3.13. The van der Waals surface area contributed by atoms with Gasteiger partial charge in [-0.25, -0.2) is 4.79 Å². The van der Waals surface area contributed by atoms with Crippen molar-refractivity contribution in [1.29, 1.82) is 0 Å². The predicted octanol–water partition coefficient (Wildman–Crippen LogP) is 4.67. The summed E-state index contributed by atoms with van der Waals surface area (Å²) in [6.45, 7) is 8.23. The number of benzene rings is 1. The number of rotatable bonds is 10. The van der Waals surface area contributed by atoms with Crippen LogP contribution in [0.3, 0.4) is 0 Å². The molecule has 0 saturated heterocycles. The van der Waals surface area contributed by atoms with Crippen molar-refractivity contribution in [3.63, 3.8) is 0 Å². The normalized spacial score (nSPS) is 20.5. The van der Waals surface area contributed by atoms with Crippen molar-refractivity contribution < 1.29 is 19.4 Å². The molecule has 3 N–H and O–H groups in total. The average Bonchev–Trinajstić information content (AvgIpc) is 3.32. The van der Waals surface area contributed by atoms with Crippen molar-refractivity contribution >= 4 is 23.2 Å². The fourth-order valence-corrected chi connectivity index (χ4v) is 5.02. The van der Waals surface area contributed by atoms with Gasteiger partial charge < -0.3 is 20.5 Å². The Labute approximate surface area is 200 Å². The van der Waals surface area contributed by atoms with Crippen LogP contribution < -0.4 is 10.6 Å². The van der Waals surface area contributed by atoms with Crippen LogP contribution in [0.1, 0.15) is 51.2 Å². The van der Waals surface area contributed by atoms with Gasteiger partial charge in [-0.15, -0.1) is 11.3 Å². The van der Waals surface area contributed by atoms with Crippen molar-refractivity contribution in [2.75, 3.05) is 0 Å². The summed E-state index contributed by atoms with van der Waals surface area (Å²) < 4.78 is 6.25. The molecular formula is C26H34N2O4S. The number of hydrogen-bond donors (Lipinski definition) is 3. The second-order valence-corrected chi connectivity index (χ2v) is 9.52. The molecule has 0 bridgehead atoms. The van der Waals surface area contributed by atoms with E-state index >= 15 is 0 Å². The van der Waals surface area contributed by atoms with Gasteiger partial charge in [0, 0.05) is 30.0 Å². The van der Waals surface area contributed by atoms with Gasteiger partial charge in [0.1, 0.15) is 0 Å². The van der Waals surface area contributed by atoms with Crippen LogP contribution in [0.25, 0.3) is 10.4 Å². The molecule has 1 aromatic carbocycles. The molecule has 1 amide bonds. The van der Waals surface area contributed by atoms with E-state index in [4.69, 9.17) is 4.74 Å². The Morgan fingerprint density at radius 2 is 2.00 bits per heavy atom. The van der Waals surface area contributed by atoms with Gasteiger partial charge in [-0.3, -0.25) is 4.79 Å². The molecule has 33 heavy (non-hydrogen) atoms. The molecule has 1 aliphatic rings. The van der Waals surface area contributed by atoms with E-state index in [2.05, 4.69) is 47.2 Å². The standard InChI is InChI=1S/C26H34N2O4S/c1-5-21(6-2)32-23-14-20(26(30)31)13-22(25(23)28-17(4)29)27-15-19-10-9-18(12-16(19)3)24-8-7-11-33-24/h7-12,14,21-23,25,27H,5-6,13,15H2,1-4H3,(H,28,29)(H,30,31)/t22-,23+,25+/m0/s1. The second kappa shape index (κ2) is 11.6. The average molecular weight is 471 g/mol. The Balaban J connectivity index is 1.81. The first-order chi connectivity index (χ1) is 15.8. The van der Waals surface area contributed by atoms with Gasteiger partial charge in [0.2, 0.25) is 5.91 Å². The van der Waals surface area contributed by atoms with Crippen LogP contribution in [0.15, 0.2) is 47.4 Å².